The van der Waals surface area contributed by atoms with E-state index in [1.54, 1.807) is 0 Å². The average molecular weight is 220 g/mol. The van der Waals surface area contributed by atoms with Crippen LogP contribution in [-0.2, 0) is 0 Å². The zero-order valence-electron chi connectivity index (χ0n) is 10.3. The van der Waals surface area contributed by atoms with Crippen molar-refractivity contribution in [1.82, 2.24) is 4.98 Å². The summed E-state index contributed by atoms with van der Waals surface area (Å²) in [6.07, 6.45) is 0. The van der Waals surface area contributed by atoms with Gasteiger partial charge in [0, 0.05) is 6.04 Å². The van der Waals surface area contributed by atoms with Gasteiger partial charge in [0.05, 0.1) is 0 Å². The third-order valence-electron chi connectivity index (χ3n) is 4.21. The SMILES string of the molecule is CC1(C)C(Nc2cccc(NN)n2)C1(C)C. The first-order valence-corrected chi connectivity index (χ1v) is 5.60. The second kappa shape index (κ2) is 3.35. The highest BCUT2D eigenvalue weighted by Crippen LogP contribution is 2.63. The summed E-state index contributed by atoms with van der Waals surface area (Å²) >= 11 is 0. The molecule has 0 spiro atoms. The number of anilines is 2. The van der Waals surface area contributed by atoms with E-state index in [-0.39, 0.29) is 0 Å². The molecule has 0 unspecified atom stereocenters. The lowest BCUT2D eigenvalue weighted by Crippen LogP contribution is -2.13. The molecule has 0 aliphatic heterocycles. The van der Waals surface area contributed by atoms with E-state index in [1.807, 2.05) is 18.2 Å². The van der Waals surface area contributed by atoms with Crippen LogP contribution in [0.15, 0.2) is 18.2 Å². The summed E-state index contributed by atoms with van der Waals surface area (Å²) in [4.78, 5) is 4.36. The van der Waals surface area contributed by atoms with Gasteiger partial charge in [0.25, 0.3) is 0 Å². The predicted octanol–water partition coefficient (Wildman–Crippen LogP) is 2.21. The molecule has 1 aliphatic rings. The summed E-state index contributed by atoms with van der Waals surface area (Å²) in [5.41, 5.74) is 3.16. The predicted molar refractivity (Wildman–Crippen MR) is 67.0 cm³/mol. The number of pyridine rings is 1. The fourth-order valence-corrected chi connectivity index (χ4v) is 2.30. The summed E-state index contributed by atoms with van der Waals surface area (Å²) in [5, 5.41) is 3.46. The summed E-state index contributed by atoms with van der Waals surface area (Å²) in [7, 11) is 0. The molecule has 0 bridgehead atoms. The van der Waals surface area contributed by atoms with Crippen molar-refractivity contribution in [3.8, 4) is 0 Å². The van der Waals surface area contributed by atoms with Crippen LogP contribution in [0.3, 0.4) is 0 Å². The Morgan fingerprint density at radius 3 is 2.19 bits per heavy atom. The first kappa shape index (κ1) is 11.2. The standard InChI is InChI=1S/C12H20N4/c1-11(2)10(12(11,3)4)15-8-6-5-7-9(14-8)16-13/h5-7,10H,13H2,1-4H3,(H2,14,15,16). The minimum absolute atomic E-state index is 0.306. The minimum Gasteiger partial charge on any atom is -0.366 e. The van der Waals surface area contributed by atoms with Gasteiger partial charge in [0.15, 0.2) is 0 Å². The molecular weight excluding hydrogens is 200 g/mol. The number of nitrogens with one attached hydrogen (secondary N) is 2. The molecule has 1 aliphatic carbocycles. The molecule has 1 saturated carbocycles. The van der Waals surface area contributed by atoms with E-state index in [1.165, 1.54) is 0 Å². The lowest BCUT2D eigenvalue weighted by molar-refractivity contribution is 0.457. The molecule has 4 nitrogen and oxygen atoms in total. The van der Waals surface area contributed by atoms with Gasteiger partial charge in [0.2, 0.25) is 0 Å². The zero-order chi connectivity index (χ0) is 12.0. The Morgan fingerprint density at radius 1 is 1.12 bits per heavy atom. The molecule has 1 fully saturated rings. The quantitative estimate of drug-likeness (QED) is 0.540. The van der Waals surface area contributed by atoms with Crippen LogP contribution in [0.25, 0.3) is 0 Å². The van der Waals surface area contributed by atoms with Crippen molar-refractivity contribution in [1.29, 1.82) is 0 Å². The second-order valence-electron chi connectivity index (χ2n) is 5.57. The van der Waals surface area contributed by atoms with E-state index in [0.717, 1.165) is 5.82 Å². The van der Waals surface area contributed by atoms with Crippen molar-refractivity contribution in [2.24, 2.45) is 16.7 Å². The summed E-state index contributed by atoms with van der Waals surface area (Å²) < 4.78 is 0. The average Bonchev–Trinajstić information content (AvgIpc) is 2.61. The monoisotopic (exact) mass is 220 g/mol. The van der Waals surface area contributed by atoms with E-state index in [0.29, 0.717) is 22.7 Å². The molecule has 0 atom stereocenters. The zero-order valence-corrected chi connectivity index (χ0v) is 10.3. The normalized spacial score (nSPS) is 21.6. The fraction of sp³-hybridized carbons (Fsp3) is 0.583. The van der Waals surface area contributed by atoms with Crippen molar-refractivity contribution < 1.29 is 0 Å². The lowest BCUT2D eigenvalue weighted by Gasteiger charge is -2.08. The maximum Gasteiger partial charge on any atom is 0.142 e. The molecule has 0 aromatic carbocycles. The van der Waals surface area contributed by atoms with Gasteiger partial charge >= 0.3 is 0 Å². The molecule has 2 rings (SSSR count). The fourth-order valence-electron chi connectivity index (χ4n) is 2.30. The number of nitrogen functional groups attached to an aromatic ring is 1. The van der Waals surface area contributed by atoms with E-state index < -0.39 is 0 Å². The first-order chi connectivity index (χ1) is 7.39. The number of nitrogens with two attached hydrogens (primary N) is 1. The molecule has 0 radical (unpaired) electrons. The van der Waals surface area contributed by atoms with E-state index >= 15 is 0 Å². The van der Waals surface area contributed by atoms with Gasteiger partial charge in [-0.25, -0.2) is 10.8 Å². The van der Waals surface area contributed by atoms with Crippen molar-refractivity contribution in [2.75, 3.05) is 10.7 Å². The molecule has 1 aromatic heterocycles. The number of nitrogens with zero attached hydrogens (tertiary/aromatic N) is 1. The van der Waals surface area contributed by atoms with Crippen LogP contribution in [0.2, 0.25) is 0 Å². The van der Waals surface area contributed by atoms with Crippen LogP contribution in [-0.4, -0.2) is 11.0 Å². The number of aromatic nitrogens is 1. The highest BCUT2D eigenvalue weighted by Gasteiger charge is 2.65. The van der Waals surface area contributed by atoms with Crippen molar-refractivity contribution in [3.63, 3.8) is 0 Å². The molecule has 0 saturated heterocycles. The highest BCUT2D eigenvalue weighted by atomic mass is 15.3. The van der Waals surface area contributed by atoms with Gasteiger partial charge in [-0.15, -0.1) is 0 Å². The number of hydrogen-bond donors (Lipinski definition) is 3. The lowest BCUT2D eigenvalue weighted by atomic mass is 10.0. The Balaban J connectivity index is 2.12. The van der Waals surface area contributed by atoms with Crippen LogP contribution in [0.4, 0.5) is 11.6 Å². The molecule has 1 aromatic rings. The Bertz CT molecular complexity index is 384. The van der Waals surface area contributed by atoms with Gasteiger partial charge in [-0.2, -0.15) is 0 Å². The van der Waals surface area contributed by atoms with Crippen molar-refractivity contribution >= 4 is 11.6 Å². The third kappa shape index (κ3) is 1.53. The molecular formula is C12H20N4. The van der Waals surface area contributed by atoms with Gasteiger partial charge in [-0.3, -0.25) is 0 Å². The van der Waals surface area contributed by atoms with Crippen LogP contribution >= 0.6 is 0 Å². The second-order valence-corrected chi connectivity index (χ2v) is 5.57. The molecule has 1 heterocycles. The van der Waals surface area contributed by atoms with Crippen molar-refractivity contribution in [2.45, 2.75) is 33.7 Å². The Morgan fingerprint density at radius 2 is 1.69 bits per heavy atom. The van der Waals surface area contributed by atoms with Gasteiger partial charge in [-0.1, -0.05) is 33.8 Å². The topological polar surface area (TPSA) is 63.0 Å². The minimum atomic E-state index is 0.306. The van der Waals surface area contributed by atoms with Crippen LogP contribution in [0.5, 0.6) is 0 Å². The number of hydrogen-bond acceptors (Lipinski definition) is 4. The van der Waals surface area contributed by atoms with Crippen LogP contribution < -0.4 is 16.6 Å². The molecule has 4 N–H and O–H groups in total. The van der Waals surface area contributed by atoms with Crippen LogP contribution in [0, 0.1) is 10.8 Å². The Hall–Kier alpha value is -1.29. The maximum absolute atomic E-state index is 5.33. The number of hydrazine groups is 1. The first-order valence-electron chi connectivity index (χ1n) is 5.60. The number of rotatable bonds is 3. The molecule has 16 heavy (non-hydrogen) atoms. The van der Waals surface area contributed by atoms with Gasteiger partial charge in [0.1, 0.15) is 11.6 Å². The van der Waals surface area contributed by atoms with E-state index in [9.17, 15) is 0 Å². The van der Waals surface area contributed by atoms with Crippen molar-refractivity contribution in [3.05, 3.63) is 18.2 Å². The molecule has 4 heteroatoms. The van der Waals surface area contributed by atoms with Gasteiger partial charge < -0.3 is 10.7 Å². The third-order valence-corrected chi connectivity index (χ3v) is 4.21. The van der Waals surface area contributed by atoms with E-state index in [4.69, 9.17) is 5.84 Å². The smallest absolute Gasteiger partial charge is 0.142 e. The van der Waals surface area contributed by atoms with Crippen LogP contribution in [0.1, 0.15) is 27.7 Å². The summed E-state index contributed by atoms with van der Waals surface area (Å²) in [6, 6.07) is 6.20. The molecule has 0 amide bonds. The largest absolute Gasteiger partial charge is 0.366 e. The molecule has 88 valence electrons. The highest BCUT2D eigenvalue weighted by molar-refractivity contribution is 5.47. The van der Waals surface area contributed by atoms with Gasteiger partial charge in [-0.05, 0) is 23.0 Å². The summed E-state index contributed by atoms with van der Waals surface area (Å²) in [6.45, 7) is 9.09. The summed E-state index contributed by atoms with van der Waals surface area (Å²) in [5.74, 6) is 6.89. The Labute approximate surface area is 96.6 Å². The maximum atomic E-state index is 5.33. The van der Waals surface area contributed by atoms with E-state index in [2.05, 4.69) is 43.4 Å². The Kier molecular flexibility index (Phi) is 2.35.